The van der Waals surface area contributed by atoms with Crippen LogP contribution < -0.4 is 0 Å². The Labute approximate surface area is 106 Å². The molecule has 1 aliphatic rings. The van der Waals surface area contributed by atoms with E-state index < -0.39 is 15.3 Å². The summed E-state index contributed by atoms with van der Waals surface area (Å²) in [5.74, 6) is 0. The number of hydrogen-bond acceptors (Lipinski definition) is 4. The molecule has 1 aliphatic heterocycles. The second-order valence-electron chi connectivity index (χ2n) is 4.02. The lowest BCUT2D eigenvalue weighted by Crippen LogP contribution is -2.43. The van der Waals surface area contributed by atoms with Crippen molar-refractivity contribution in [2.24, 2.45) is 0 Å². The van der Waals surface area contributed by atoms with Gasteiger partial charge in [0.2, 0.25) is 10.0 Å². The lowest BCUT2D eigenvalue weighted by Gasteiger charge is -2.28. The molecule has 1 atom stereocenters. The Balaban J connectivity index is 2.29. The standard InChI is InChI=1S/C12H15NO4S/c14-10-12(11-4-2-1-3-5-11)18(15,16)13-6-8-17-9-7-13/h1-5,10,12H,6-9H2. The summed E-state index contributed by atoms with van der Waals surface area (Å²) in [6, 6.07) is 8.53. The first-order valence-electron chi connectivity index (χ1n) is 5.73. The van der Waals surface area contributed by atoms with Gasteiger partial charge in [0.25, 0.3) is 0 Å². The minimum atomic E-state index is -3.64. The predicted octanol–water partition coefficient (Wildman–Crippen LogP) is 0.589. The summed E-state index contributed by atoms with van der Waals surface area (Å²) >= 11 is 0. The van der Waals surface area contributed by atoms with Gasteiger partial charge in [0.05, 0.1) is 13.2 Å². The number of sulfonamides is 1. The van der Waals surface area contributed by atoms with Gasteiger partial charge in [-0.1, -0.05) is 30.3 Å². The van der Waals surface area contributed by atoms with Gasteiger partial charge < -0.3 is 9.53 Å². The van der Waals surface area contributed by atoms with E-state index in [2.05, 4.69) is 0 Å². The van der Waals surface area contributed by atoms with Crippen molar-refractivity contribution in [2.75, 3.05) is 26.3 Å². The van der Waals surface area contributed by atoms with Crippen molar-refractivity contribution in [3.05, 3.63) is 35.9 Å². The number of aldehydes is 1. The SMILES string of the molecule is O=CC(c1ccccc1)S(=O)(=O)N1CCOCC1. The van der Waals surface area contributed by atoms with E-state index in [0.29, 0.717) is 38.2 Å². The van der Waals surface area contributed by atoms with Crippen LogP contribution in [0.4, 0.5) is 0 Å². The Morgan fingerprint density at radius 1 is 1.17 bits per heavy atom. The van der Waals surface area contributed by atoms with Crippen molar-refractivity contribution < 1.29 is 17.9 Å². The fraction of sp³-hybridized carbons (Fsp3) is 0.417. The lowest BCUT2D eigenvalue weighted by molar-refractivity contribution is -0.107. The van der Waals surface area contributed by atoms with Gasteiger partial charge in [0.15, 0.2) is 5.25 Å². The van der Waals surface area contributed by atoms with Crippen LogP contribution in [0.5, 0.6) is 0 Å². The molecular weight excluding hydrogens is 254 g/mol. The molecule has 0 saturated carbocycles. The van der Waals surface area contributed by atoms with Crippen LogP contribution in [0, 0.1) is 0 Å². The lowest BCUT2D eigenvalue weighted by atomic mass is 10.2. The highest BCUT2D eigenvalue weighted by atomic mass is 32.2. The van der Waals surface area contributed by atoms with Crippen LogP contribution in [-0.2, 0) is 19.6 Å². The number of ether oxygens (including phenoxy) is 1. The Morgan fingerprint density at radius 3 is 2.33 bits per heavy atom. The van der Waals surface area contributed by atoms with Gasteiger partial charge in [-0.15, -0.1) is 0 Å². The third-order valence-corrected chi connectivity index (χ3v) is 5.01. The van der Waals surface area contributed by atoms with Crippen LogP contribution in [0.15, 0.2) is 30.3 Å². The number of rotatable bonds is 4. The van der Waals surface area contributed by atoms with E-state index in [9.17, 15) is 13.2 Å². The van der Waals surface area contributed by atoms with E-state index in [1.807, 2.05) is 0 Å². The Bertz CT molecular complexity index is 494. The third-order valence-electron chi connectivity index (χ3n) is 2.90. The van der Waals surface area contributed by atoms with Crippen LogP contribution in [0.1, 0.15) is 10.8 Å². The van der Waals surface area contributed by atoms with Crippen LogP contribution >= 0.6 is 0 Å². The van der Waals surface area contributed by atoms with E-state index in [-0.39, 0.29) is 0 Å². The second kappa shape index (κ2) is 5.60. The van der Waals surface area contributed by atoms with Gasteiger partial charge in [-0.3, -0.25) is 0 Å². The minimum absolute atomic E-state index is 0.305. The van der Waals surface area contributed by atoms with Gasteiger partial charge in [0.1, 0.15) is 6.29 Å². The van der Waals surface area contributed by atoms with Crippen LogP contribution in [0.25, 0.3) is 0 Å². The fourth-order valence-electron chi connectivity index (χ4n) is 1.93. The molecule has 6 heteroatoms. The molecule has 1 aromatic carbocycles. The largest absolute Gasteiger partial charge is 0.379 e. The summed E-state index contributed by atoms with van der Waals surface area (Å²) in [6.07, 6.45) is 0.486. The summed E-state index contributed by atoms with van der Waals surface area (Å²) in [4.78, 5) is 11.2. The molecule has 0 bridgehead atoms. The monoisotopic (exact) mass is 269 g/mol. The number of carbonyl (C=O) groups is 1. The van der Waals surface area contributed by atoms with E-state index in [4.69, 9.17) is 4.74 Å². The molecule has 98 valence electrons. The Hall–Kier alpha value is -1.24. The molecule has 1 aromatic rings. The van der Waals surface area contributed by atoms with Crippen molar-refractivity contribution in [3.63, 3.8) is 0 Å². The summed E-state index contributed by atoms with van der Waals surface area (Å²) in [7, 11) is -3.64. The molecular formula is C12H15NO4S. The summed E-state index contributed by atoms with van der Waals surface area (Å²) in [5.41, 5.74) is 0.499. The molecule has 2 rings (SSSR count). The van der Waals surface area contributed by atoms with Gasteiger partial charge in [0, 0.05) is 13.1 Å². The highest BCUT2D eigenvalue weighted by molar-refractivity contribution is 7.90. The number of morpholine rings is 1. The molecule has 0 amide bonds. The number of nitrogens with zero attached hydrogens (tertiary/aromatic N) is 1. The smallest absolute Gasteiger partial charge is 0.228 e. The van der Waals surface area contributed by atoms with Crippen molar-refractivity contribution in [3.8, 4) is 0 Å². The maximum atomic E-state index is 12.4. The first-order chi connectivity index (χ1) is 8.66. The average molecular weight is 269 g/mol. The maximum Gasteiger partial charge on any atom is 0.228 e. The average Bonchev–Trinajstić information content (AvgIpc) is 2.41. The van der Waals surface area contributed by atoms with Crippen molar-refractivity contribution in [2.45, 2.75) is 5.25 Å². The summed E-state index contributed by atoms with van der Waals surface area (Å²) in [5, 5.41) is -1.13. The van der Waals surface area contributed by atoms with Crippen LogP contribution in [-0.4, -0.2) is 45.3 Å². The molecule has 5 nitrogen and oxygen atoms in total. The van der Waals surface area contributed by atoms with Crippen LogP contribution in [0.3, 0.4) is 0 Å². The first-order valence-corrected chi connectivity index (χ1v) is 7.23. The van der Waals surface area contributed by atoms with Gasteiger partial charge in [-0.2, -0.15) is 4.31 Å². The molecule has 1 heterocycles. The second-order valence-corrected chi connectivity index (χ2v) is 6.08. The molecule has 18 heavy (non-hydrogen) atoms. The van der Waals surface area contributed by atoms with Gasteiger partial charge >= 0.3 is 0 Å². The van der Waals surface area contributed by atoms with E-state index >= 15 is 0 Å². The highest BCUT2D eigenvalue weighted by Crippen LogP contribution is 2.24. The molecule has 1 unspecified atom stereocenters. The molecule has 0 radical (unpaired) electrons. The zero-order chi connectivity index (χ0) is 13.0. The van der Waals surface area contributed by atoms with Gasteiger partial charge in [-0.25, -0.2) is 8.42 Å². The van der Waals surface area contributed by atoms with Crippen molar-refractivity contribution in [1.82, 2.24) is 4.31 Å². The molecule has 0 aliphatic carbocycles. The molecule has 0 N–H and O–H groups in total. The predicted molar refractivity (Wildman–Crippen MR) is 66.6 cm³/mol. The van der Waals surface area contributed by atoms with Crippen molar-refractivity contribution in [1.29, 1.82) is 0 Å². The van der Waals surface area contributed by atoms with Crippen LogP contribution in [0.2, 0.25) is 0 Å². The van der Waals surface area contributed by atoms with Gasteiger partial charge in [-0.05, 0) is 5.56 Å². The minimum Gasteiger partial charge on any atom is -0.379 e. The summed E-state index contributed by atoms with van der Waals surface area (Å²) in [6.45, 7) is 1.36. The highest BCUT2D eigenvalue weighted by Gasteiger charge is 2.33. The zero-order valence-electron chi connectivity index (χ0n) is 9.86. The number of benzene rings is 1. The number of hydrogen-bond donors (Lipinski definition) is 0. The first kappa shape index (κ1) is 13.2. The molecule has 1 fully saturated rings. The van der Waals surface area contributed by atoms with E-state index in [1.165, 1.54) is 4.31 Å². The molecule has 0 aromatic heterocycles. The number of carbonyl (C=O) groups excluding carboxylic acids is 1. The maximum absolute atomic E-state index is 12.4. The third kappa shape index (κ3) is 2.60. The molecule has 0 spiro atoms. The fourth-order valence-corrected chi connectivity index (χ4v) is 3.55. The van der Waals surface area contributed by atoms with Crippen molar-refractivity contribution >= 4 is 16.3 Å². The Kier molecular flexibility index (Phi) is 4.11. The normalized spacial score (nSPS) is 19.3. The summed E-state index contributed by atoms with van der Waals surface area (Å²) < 4.78 is 31.2. The zero-order valence-corrected chi connectivity index (χ0v) is 10.7. The van der Waals surface area contributed by atoms with E-state index in [0.717, 1.165) is 0 Å². The quantitative estimate of drug-likeness (QED) is 0.750. The topological polar surface area (TPSA) is 63.7 Å². The van der Waals surface area contributed by atoms with E-state index in [1.54, 1.807) is 30.3 Å². The molecule has 1 saturated heterocycles. The Morgan fingerprint density at radius 2 is 1.78 bits per heavy atom.